The molecule has 8 heteroatoms. The van der Waals surface area contributed by atoms with E-state index in [-0.39, 0.29) is 29.6 Å². The van der Waals surface area contributed by atoms with E-state index in [1.165, 1.54) is 11.0 Å². The number of carbonyl (C=O) groups is 3. The van der Waals surface area contributed by atoms with Gasteiger partial charge in [0, 0.05) is 18.1 Å². The van der Waals surface area contributed by atoms with E-state index in [4.69, 9.17) is 16.3 Å². The van der Waals surface area contributed by atoms with Gasteiger partial charge in [0.05, 0.1) is 12.1 Å². The summed E-state index contributed by atoms with van der Waals surface area (Å²) < 4.78 is 18.3. The van der Waals surface area contributed by atoms with Crippen LogP contribution in [0, 0.1) is 5.82 Å². The average molecular weight is 345 g/mol. The van der Waals surface area contributed by atoms with Crippen LogP contribution in [-0.4, -0.2) is 48.9 Å². The summed E-state index contributed by atoms with van der Waals surface area (Å²) in [4.78, 5) is 36.4. The van der Waals surface area contributed by atoms with Gasteiger partial charge in [0.25, 0.3) is 5.91 Å². The molecule has 0 bridgehead atoms. The number of likely N-dealkylation sites (N-methyl/N-ethyl adjacent to an activating group) is 2. The SMILES string of the molecule is CCNC(=O)CN(CC)C(=O)COC(=O)c1cc(Cl)ccc1F. The summed E-state index contributed by atoms with van der Waals surface area (Å²) in [5.41, 5.74) is -0.350. The third-order valence-electron chi connectivity index (χ3n) is 2.92. The Morgan fingerprint density at radius 2 is 2.00 bits per heavy atom. The minimum Gasteiger partial charge on any atom is -0.452 e. The molecule has 6 nitrogen and oxygen atoms in total. The molecule has 0 radical (unpaired) electrons. The summed E-state index contributed by atoms with van der Waals surface area (Å²) in [5, 5.41) is 2.74. The first-order valence-electron chi connectivity index (χ1n) is 7.05. The standard InChI is InChI=1S/C15H18ClFN2O4/c1-3-18-13(20)8-19(4-2)14(21)9-23-15(22)11-7-10(16)5-6-12(11)17/h5-7H,3-4,8-9H2,1-2H3,(H,18,20). The molecule has 0 atom stereocenters. The molecular formula is C15H18ClFN2O4. The van der Waals surface area contributed by atoms with Crippen molar-refractivity contribution >= 4 is 29.4 Å². The van der Waals surface area contributed by atoms with Crippen molar-refractivity contribution in [2.75, 3.05) is 26.2 Å². The number of hydrogen-bond donors (Lipinski definition) is 1. The first-order chi connectivity index (χ1) is 10.9. The van der Waals surface area contributed by atoms with Gasteiger partial charge in [-0.15, -0.1) is 0 Å². The van der Waals surface area contributed by atoms with Crippen LogP contribution >= 0.6 is 11.6 Å². The molecule has 1 N–H and O–H groups in total. The van der Waals surface area contributed by atoms with E-state index in [0.29, 0.717) is 6.54 Å². The summed E-state index contributed by atoms with van der Waals surface area (Å²) >= 11 is 5.69. The molecule has 0 saturated carbocycles. The summed E-state index contributed by atoms with van der Waals surface area (Å²) in [6, 6.07) is 3.45. The van der Waals surface area contributed by atoms with Crippen LogP contribution in [0.5, 0.6) is 0 Å². The lowest BCUT2D eigenvalue weighted by molar-refractivity contribution is -0.138. The Labute approximate surface area is 138 Å². The van der Waals surface area contributed by atoms with Crippen LogP contribution in [0.25, 0.3) is 0 Å². The van der Waals surface area contributed by atoms with Crippen molar-refractivity contribution in [1.29, 1.82) is 0 Å². The highest BCUT2D eigenvalue weighted by atomic mass is 35.5. The third-order valence-corrected chi connectivity index (χ3v) is 3.15. The predicted octanol–water partition coefficient (Wildman–Crippen LogP) is 1.62. The Balaban J connectivity index is 2.61. The highest BCUT2D eigenvalue weighted by Gasteiger charge is 2.19. The van der Waals surface area contributed by atoms with Gasteiger partial charge in [-0.05, 0) is 32.0 Å². The van der Waals surface area contributed by atoms with Crippen molar-refractivity contribution in [3.63, 3.8) is 0 Å². The largest absolute Gasteiger partial charge is 0.452 e. The topological polar surface area (TPSA) is 75.7 Å². The fourth-order valence-corrected chi connectivity index (χ4v) is 1.93. The van der Waals surface area contributed by atoms with Crippen molar-refractivity contribution in [3.8, 4) is 0 Å². The molecule has 0 aliphatic heterocycles. The van der Waals surface area contributed by atoms with Gasteiger partial charge < -0.3 is 15.0 Å². The van der Waals surface area contributed by atoms with E-state index in [2.05, 4.69) is 5.32 Å². The van der Waals surface area contributed by atoms with Gasteiger partial charge in [-0.1, -0.05) is 11.6 Å². The Morgan fingerprint density at radius 1 is 1.30 bits per heavy atom. The average Bonchev–Trinajstić information content (AvgIpc) is 2.52. The van der Waals surface area contributed by atoms with Gasteiger partial charge in [-0.25, -0.2) is 9.18 Å². The molecule has 0 aromatic heterocycles. The van der Waals surface area contributed by atoms with Crippen LogP contribution in [0.2, 0.25) is 5.02 Å². The predicted molar refractivity (Wildman–Crippen MR) is 82.6 cm³/mol. The van der Waals surface area contributed by atoms with Gasteiger partial charge in [-0.3, -0.25) is 9.59 Å². The molecule has 1 aromatic rings. The molecule has 0 spiro atoms. The summed E-state index contributed by atoms with van der Waals surface area (Å²) in [6.45, 7) is 3.46. The first-order valence-corrected chi connectivity index (χ1v) is 7.43. The minimum atomic E-state index is -0.993. The van der Waals surface area contributed by atoms with Crippen molar-refractivity contribution in [3.05, 3.63) is 34.6 Å². The number of amides is 2. The van der Waals surface area contributed by atoms with E-state index in [0.717, 1.165) is 12.1 Å². The van der Waals surface area contributed by atoms with Gasteiger partial charge in [0.2, 0.25) is 5.91 Å². The van der Waals surface area contributed by atoms with Crippen molar-refractivity contribution in [1.82, 2.24) is 10.2 Å². The molecule has 1 rings (SSSR count). The Hall–Kier alpha value is -2.15. The number of esters is 1. The molecular weight excluding hydrogens is 327 g/mol. The van der Waals surface area contributed by atoms with E-state index in [1.807, 2.05) is 0 Å². The van der Waals surface area contributed by atoms with Gasteiger partial charge in [0.1, 0.15) is 5.82 Å². The van der Waals surface area contributed by atoms with Gasteiger partial charge >= 0.3 is 5.97 Å². The lowest BCUT2D eigenvalue weighted by Crippen LogP contribution is -2.42. The van der Waals surface area contributed by atoms with E-state index >= 15 is 0 Å². The van der Waals surface area contributed by atoms with Crippen molar-refractivity contribution < 1.29 is 23.5 Å². The van der Waals surface area contributed by atoms with E-state index in [1.54, 1.807) is 13.8 Å². The van der Waals surface area contributed by atoms with Crippen LogP contribution in [0.15, 0.2) is 18.2 Å². The second kappa shape index (κ2) is 9.09. The number of benzene rings is 1. The number of ether oxygens (including phenoxy) is 1. The Kier molecular flexibility index (Phi) is 7.47. The number of rotatable bonds is 7. The molecule has 0 aliphatic carbocycles. The molecule has 0 heterocycles. The summed E-state index contributed by atoms with van der Waals surface area (Å²) in [5.74, 6) is -2.64. The van der Waals surface area contributed by atoms with Crippen LogP contribution in [0.4, 0.5) is 4.39 Å². The lowest BCUT2D eigenvalue weighted by Gasteiger charge is -2.20. The summed E-state index contributed by atoms with van der Waals surface area (Å²) in [7, 11) is 0. The smallest absolute Gasteiger partial charge is 0.341 e. The molecule has 126 valence electrons. The van der Waals surface area contributed by atoms with E-state index in [9.17, 15) is 18.8 Å². The molecule has 0 fully saturated rings. The fraction of sp³-hybridized carbons (Fsp3) is 0.400. The number of nitrogens with one attached hydrogen (secondary N) is 1. The van der Waals surface area contributed by atoms with E-state index < -0.39 is 24.3 Å². The van der Waals surface area contributed by atoms with Gasteiger partial charge in [-0.2, -0.15) is 0 Å². The molecule has 0 unspecified atom stereocenters. The zero-order chi connectivity index (χ0) is 17.4. The Bertz CT molecular complexity index is 595. The van der Waals surface area contributed by atoms with Crippen molar-refractivity contribution in [2.24, 2.45) is 0 Å². The summed E-state index contributed by atoms with van der Waals surface area (Å²) in [6.07, 6.45) is 0. The molecule has 1 aromatic carbocycles. The molecule has 23 heavy (non-hydrogen) atoms. The quantitative estimate of drug-likeness (QED) is 0.763. The number of nitrogens with zero attached hydrogens (tertiary/aromatic N) is 1. The highest BCUT2D eigenvalue weighted by molar-refractivity contribution is 6.30. The minimum absolute atomic E-state index is 0.133. The zero-order valence-corrected chi connectivity index (χ0v) is 13.7. The van der Waals surface area contributed by atoms with Crippen LogP contribution in [-0.2, 0) is 14.3 Å². The monoisotopic (exact) mass is 344 g/mol. The maximum atomic E-state index is 13.5. The third kappa shape index (κ3) is 5.86. The number of carbonyl (C=O) groups excluding carboxylic acids is 3. The molecule has 0 aliphatic rings. The maximum absolute atomic E-state index is 13.5. The first kappa shape index (κ1) is 18.9. The van der Waals surface area contributed by atoms with Crippen LogP contribution in [0.1, 0.15) is 24.2 Å². The lowest BCUT2D eigenvalue weighted by atomic mass is 10.2. The van der Waals surface area contributed by atoms with Crippen LogP contribution in [0.3, 0.4) is 0 Å². The zero-order valence-electron chi connectivity index (χ0n) is 12.9. The molecule has 2 amide bonds. The van der Waals surface area contributed by atoms with Crippen LogP contribution < -0.4 is 5.32 Å². The Morgan fingerprint density at radius 3 is 2.61 bits per heavy atom. The second-order valence-electron chi connectivity index (χ2n) is 4.56. The highest BCUT2D eigenvalue weighted by Crippen LogP contribution is 2.15. The fourth-order valence-electron chi connectivity index (χ4n) is 1.75. The van der Waals surface area contributed by atoms with Gasteiger partial charge in [0.15, 0.2) is 6.61 Å². The van der Waals surface area contributed by atoms with Crippen molar-refractivity contribution in [2.45, 2.75) is 13.8 Å². The second-order valence-corrected chi connectivity index (χ2v) is 5.00. The normalized spacial score (nSPS) is 10.1. The number of halogens is 2. The number of hydrogen-bond acceptors (Lipinski definition) is 4. The maximum Gasteiger partial charge on any atom is 0.341 e. The molecule has 0 saturated heterocycles.